The lowest BCUT2D eigenvalue weighted by Crippen LogP contribution is -2.45. The average Bonchev–Trinajstić information content (AvgIpc) is 2.15. The summed E-state index contributed by atoms with van der Waals surface area (Å²) in [6.45, 7) is 10.7. The molecule has 0 spiro atoms. The summed E-state index contributed by atoms with van der Waals surface area (Å²) in [5, 5.41) is 9.31. The van der Waals surface area contributed by atoms with Gasteiger partial charge in [-0.15, -0.1) is 0 Å². The van der Waals surface area contributed by atoms with E-state index in [1.54, 1.807) is 0 Å². The fraction of sp³-hybridized carbons (Fsp3) is 0.923. The van der Waals surface area contributed by atoms with Gasteiger partial charge in [-0.3, -0.25) is 9.69 Å². The zero-order valence-electron chi connectivity index (χ0n) is 11.6. The van der Waals surface area contributed by atoms with Crippen molar-refractivity contribution in [3.63, 3.8) is 0 Å². The number of hydrogen-bond acceptors (Lipinski definition) is 3. The molecule has 0 aliphatic rings. The molecule has 0 heterocycles. The minimum atomic E-state index is -0.722. The number of carboxylic acids is 1. The van der Waals surface area contributed by atoms with Crippen LogP contribution in [0.3, 0.4) is 0 Å². The maximum absolute atomic E-state index is 11.3. The van der Waals surface area contributed by atoms with Gasteiger partial charge in [-0.1, -0.05) is 27.7 Å². The van der Waals surface area contributed by atoms with E-state index < -0.39 is 5.97 Å². The van der Waals surface area contributed by atoms with Crippen molar-refractivity contribution in [1.29, 1.82) is 0 Å². The topological polar surface area (TPSA) is 66.6 Å². The normalized spacial score (nSPS) is 13.6. The molecule has 3 N–H and O–H groups in total. The second kappa shape index (κ2) is 8.48. The Balaban J connectivity index is 4.60. The van der Waals surface area contributed by atoms with Gasteiger partial charge in [-0.05, 0) is 31.2 Å². The van der Waals surface area contributed by atoms with E-state index in [0.717, 1.165) is 19.5 Å². The number of hydrogen-bond donors (Lipinski definition) is 2. The van der Waals surface area contributed by atoms with Crippen molar-refractivity contribution in [2.24, 2.45) is 17.6 Å². The SMILES string of the molecule is CC(C)CN(CC(C)C)C(CCCN)C(=O)O. The van der Waals surface area contributed by atoms with Crippen molar-refractivity contribution < 1.29 is 9.90 Å². The highest BCUT2D eigenvalue weighted by Gasteiger charge is 2.25. The van der Waals surface area contributed by atoms with Gasteiger partial charge in [0.25, 0.3) is 0 Å². The van der Waals surface area contributed by atoms with Gasteiger partial charge in [0.15, 0.2) is 0 Å². The van der Waals surface area contributed by atoms with Crippen LogP contribution in [0.5, 0.6) is 0 Å². The van der Waals surface area contributed by atoms with Crippen LogP contribution in [0.2, 0.25) is 0 Å². The molecule has 0 aliphatic heterocycles. The fourth-order valence-corrected chi connectivity index (χ4v) is 2.04. The van der Waals surface area contributed by atoms with E-state index in [9.17, 15) is 9.90 Å². The van der Waals surface area contributed by atoms with Gasteiger partial charge in [0.2, 0.25) is 0 Å². The van der Waals surface area contributed by atoms with Gasteiger partial charge in [0.1, 0.15) is 6.04 Å². The monoisotopic (exact) mass is 244 g/mol. The van der Waals surface area contributed by atoms with E-state index in [-0.39, 0.29) is 6.04 Å². The van der Waals surface area contributed by atoms with Crippen LogP contribution in [0.15, 0.2) is 0 Å². The summed E-state index contributed by atoms with van der Waals surface area (Å²) < 4.78 is 0. The lowest BCUT2D eigenvalue weighted by Gasteiger charge is -2.31. The highest BCUT2D eigenvalue weighted by atomic mass is 16.4. The van der Waals surface area contributed by atoms with Crippen LogP contribution in [0, 0.1) is 11.8 Å². The molecular weight excluding hydrogens is 216 g/mol. The van der Waals surface area contributed by atoms with Crippen molar-refractivity contribution in [2.75, 3.05) is 19.6 Å². The van der Waals surface area contributed by atoms with Crippen molar-refractivity contribution in [1.82, 2.24) is 4.90 Å². The lowest BCUT2D eigenvalue weighted by atomic mass is 10.0. The highest BCUT2D eigenvalue weighted by molar-refractivity contribution is 5.73. The number of carboxylic acid groups (broad SMARTS) is 1. The number of carbonyl (C=O) groups is 1. The predicted molar refractivity (Wildman–Crippen MR) is 71.0 cm³/mol. The Hall–Kier alpha value is -0.610. The first-order chi connectivity index (χ1) is 7.88. The van der Waals surface area contributed by atoms with Gasteiger partial charge < -0.3 is 10.8 Å². The standard InChI is InChI=1S/C13H28N2O2/c1-10(2)8-15(9-11(3)4)12(13(16)17)6-5-7-14/h10-12H,5-9,14H2,1-4H3,(H,16,17). The van der Waals surface area contributed by atoms with Crippen molar-refractivity contribution in [3.05, 3.63) is 0 Å². The molecule has 17 heavy (non-hydrogen) atoms. The molecule has 102 valence electrons. The zero-order chi connectivity index (χ0) is 13.4. The Morgan fingerprint density at radius 2 is 1.65 bits per heavy atom. The summed E-state index contributed by atoms with van der Waals surface area (Å²) in [6, 6.07) is -0.386. The smallest absolute Gasteiger partial charge is 0.320 e. The first-order valence-corrected chi connectivity index (χ1v) is 6.55. The Bertz CT molecular complexity index is 207. The third kappa shape index (κ3) is 7.34. The summed E-state index contributed by atoms with van der Waals surface area (Å²) >= 11 is 0. The summed E-state index contributed by atoms with van der Waals surface area (Å²) in [5.41, 5.74) is 5.47. The molecule has 0 amide bonds. The van der Waals surface area contributed by atoms with Crippen LogP contribution in [0.1, 0.15) is 40.5 Å². The number of nitrogens with zero attached hydrogens (tertiary/aromatic N) is 1. The molecule has 0 saturated heterocycles. The molecule has 0 aliphatic carbocycles. The molecule has 0 rings (SSSR count). The summed E-state index contributed by atoms with van der Waals surface area (Å²) in [7, 11) is 0. The molecule has 1 atom stereocenters. The van der Waals surface area contributed by atoms with Crippen LogP contribution >= 0.6 is 0 Å². The maximum Gasteiger partial charge on any atom is 0.320 e. The quantitative estimate of drug-likeness (QED) is 0.649. The predicted octanol–water partition coefficient (Wildman–Crippen LogP) is 1.79. The fourth-order valence-electron chi connectivity index (χ4n) is 2.04. The number of rotatable bonds is 9. The molecule has 4 nitrogen and oxygen atoms in total. The van der Waals surface area contributed by atoms with Crippen molar-refractivity contribution in [3.8, 4) is 0 Å². The number of aliphatic carboxylic acids is 1. The average molecular weight is 244 g/mol. The van der Waals surface area contributed by atoms with Crippen LogP contribution in [-0.4, -0.2) is 41.7 Å². The lowest BCUT2D eigenvalue weighted by molar-refractivity contribution is -0.144. The van der Waals surface area contributed by atoms with Gasteiger partial charge in [0, 0.05) is 13.1 Å². The Kier molecular flexibility index (Phi) is 8.17. The maximum atomic E-state index is 11.3. The second-order valence-electron chi connectivity index (χ2n) is 5.53. The Morgan fingerprint density at radius 1 is 1.18 bits per heavy atom. The van der Waals surface area contributed by atoms with E-state index in [4.69, 9.17) is 5.73 Å². The van der Waals surface area contributed by atoms with Crippen LogP contribution < -0.4 is 5.73 Å². The molecule has 0 radical (unpaired) electrons. The van der Waals surface area contributed by atoms with Crippen molar-refractivity contribution in [2.45, 2.75) is 46.6 Å². The molecule has 0 fully saturated rings. The van der Waals surface area contributed by atoms with E-state index in [2.05, 4.69) is 32.6 Å². The molecule has 4 heteroatoms. The van der Waals surface area contributed by atoms with E-state index in [1.807, 2.05) is 0 Å². The molecule has 1 unspecified atom stereocenters. The first-order valence-electron chi connectivity index (χ1n) is 6.55. The zero-order valence-corrected chi connectivity index (χ0v) is 11.6. The van der Waals surface area contributed by atoms with Gasteiger partial charge in [0.05, 0.1) is 0 Å². The summed E-state index contributed by atoms with van der Waals surface area (Å²) in [4.78, 5) is 13.4. The minimum absolute atomic E-state index is 0.386. The summed E-state index contributed by atoms with van der Waals surface area (Å²) in [6.07, 6.45) is 1.41. The third-order valence-corrected chi connectivity index (χ3v) is 2.61. The Morgan fingerprint density at radius 3 is 1.94 bits per heavy atom. The molecule has 0 bridgehead atoms. The largest absolute Gasteiger partial charge is 0.480 e. The first kappa shape index (κ1) is 16.4. The molecule has 0 aromatic heterocycles. The third-order valence-electron chi connectivity index (χ3n) is 2.61. The second-order valence-corrected chi connectivity index (χ2v) is 5.53. The van der Waals surface area contributed by atoms with Crippen LogP contribution in [-0.2, 0) is 4.79 Å². The van der Waals surface area contributed by atoms with Gasteiger partial charge in [-0.2, -0.15) is 0 Å². The molecule has 0 aromatic rings. The van der Waals surface area contributed by atoms with E-state index in [1.165, 1.54) is 0 Å². The summed E-state index contributed by atoms with van der Waals surface area (Å²) in [5.74, 6) is 0.238. The van der Waals surface area contributed by atoms with Gasteiger partial charge in [-0.25, -0.2) is 0 Å². The highest BCUT2D eigenvalue weighted by Crippen LogP contribution is 2.13. The molecular formula is C13H28N2O2. The van der Waals surface area contributed by atoms with Gasteiger partial charge >= 0.3 is 5.97 Å². The molecule has 0 aromatic carbocycles. The molecule has 0 saturated carbocycles. The van der Waals surface area contributed by atoms with Crippen LogP contribution in [0.4, 0.5) is 0 Å². The van der Waals surface area contributed by atoms with Crippen LogP contribution in [0.25, 0.3) is 0 Å². The van der Waals surface area contributed by atoms with Crippen molar-refractivity contribution >= 4 is 5.97 Å². The number of nitrogens with two attached hydrogens (primary N) is 1. The minimum Gasteiger partial charge on any atom is -0.480 e. The van der Waals surface area contributed by atoms with E-state index in [0.29, 0.717) is 24.8 Å². The Labute approximate surface area is 105 Å². The van der Waals surface area contributed by atoms with E-state index >= 15 is 0 Å².